The van der Waals surface area contributed by atoms with E-state index in [2.05, 4.69) is 6.08 Å². The third kappa shape index (κ3) is 1.99. The Bertz CT molecular complexity index is 149. The summed E-state index contributed by atoms with van der Waals surface area (Å²) in [7, 11) is 0. The molecule has 1 atom stereocenters. The summed E-state index contributed by atoms with van der Waals surface area (Å²) >= 11 is 5.63. The highest BCUT2D eigenvalue weighted by atomic mass is 35.5. The van der Waals surface area contributed by atoms with E-state index in [9.17, 15) is 5.11 Å². The predicted octanol–water partition coefficient (Wildman–Crippen LogP) is 2.09. The largest absolute Gasteiger partial charge is 0.390 e. The number of hydrogen-bond acceptors (Lipinski definition) is 1. The molecule has 1 N–H and O–H groups in total. The molecule has 0 aromatic rings. The van der Waals surface area contributed by atoms with Crippen molar-refractivity contribution in [1.29, 1.82) is 0 Å². The molecule has 0 fully saturated rings. The molecule has 0 saturated carbocycles. The van der Waals surface area contributed by atoms with E-state index in [-0.39, 0.29) is 0 Å². The van der Waals surface area contributed by atoms with Gasteiger partial charge in [-0.15, -0.1) is 11.6 Å². The summed E-state index contributed by atoms with van der Waals surface area (Å²) < 4.78 is 0. The molecule has 2 heteroatoms. The Morgan fingerprint density at radius 2 is 2.50 bits per heavy atom. The molecule has 1 unspecified atom stereocenters. The highest BCUT2D eigenvalue weighted by molar-refractivity contribution is 6.19. The van der Waals surface area contributed by atoms with Crippen LogP contribution in [0.4, 0.5) is 0 Å². The molecule has 1 aliphatic rings. The van der Waals surface area contributed by atoms with E-state index < -0.39 is 5.60 Å². The van der Waals surface area contributed by atoms with Gasteiger partial charge in [0.25, 0.3) is 0 Å². The maximum absolute atomic E-state index is 9.58. The molecule has 0 aromatic heterocycles. The lowest BCUT2D eigenvalue weighted by molar-refractivity contribution is 0.0478. The lowest BCUT2D eigenvalue weighted by Gasteiger charge is -2.27. The topological polar surface area (TPSA) is 20.2 Å². The third-order valence-corrected chi connectivity index (χ3v) is 2.24. The molecule has 0 radical (unpaired) electrons. The van der Waals surface area contributed by atoms with E-state index >= 15 is 0 Å². The van der Waals surface area contributed by atoms with Gasteiger partial charge in [-0.3, -0.25) is 0 Å². The SMILES string of the molecule is CC1(O)CCC=C(CCl)C1. The summed E-state index contributed by atoms with van der Waals surface area (Å²) in [4.78, 5) is 0. The van der Waals surface area contributed by atoms with E-state index in [0.717, 1.165) is 19.3 Å². The van der Waals surface area contributed by atoms with Crippen molar-refractivity contribution in [2.45, 2.75) is 31.8 Å². The summed E-state index contributed by atoms with van der Waals surface area (Å²) in [6.45, 7) is 1.87. The maximum Gasteiger partial charge on any atom is 0.0660 e. The van der Waals surface area contributed by atoms with Crippen molar-refractivity contribution in [1.82, 2.24) is 0 Å². The van der Waals surface area contributed by atoms with Crippen molar-refractivity contribution in [3.05, 3.63) is 11.6 Å². The molecular weight excluding hydrogens is 148 g/mol. The lowest BCUT2D eigenvalue weighted by Crippen LogP contribution is -2.27. The first-order valence-electron chi connectivity index (χ1n) is 3.60. The Morgan fingerprint density at radius 3 is 2.90 bits per heavy atom. The molecule has 1 rings (SSSR count). The minimum Gasteiger partial charge on any atom is -0.390 e. The van der Waals surface area contributed by atoms with Crippen molar-refractivity contribution in [3.63, 3.8) is 0 Å². The van der Waals surface area contributed by atoms with Crippen molar-refractivity contribution in [2.75, 3.05) is 5.88 Å². The average molecular weight is 161 g/mol. The Morgan fingerprint density at radius 1 is 1.80 bits per heavy atom. The van der Waals surface area contributed by atoms with E-state index in [1.807, 2.05) is 6.92 Å². The van der Waals surface area contributed by atoms with E-state index in [1.54, 1.807) is 0 Å². The second kappa shape index (κ2) is 2.93. The van der Waals surface area contributed by atoms with E-state index in [1.165, 1.54) is 5.57 Å². The van der Waals surface area contributed by atoms with Crippen LogP contribution in [0, 0.1) is 0 Å². The molecule has 0 saturated heterocycles. The number of halogens is 1. The number of hydrogen-bond donors (Lipinski definition) is 1. The zero-order chi connectivity index (χ0) is 7.61. The maximum atomic E-state index is 9.58. The zero-order valence-corrected chi connectivity index (χ0v) is 6.99. The van der Waals surface area contributed by atoms with Gasteiger partial charge in [0.15, 0.2) is 0 Å². The molecule has 0 aliphatic heterocycles. The van der Waals surface area contributed by atoms with Gasteiger partial charge in [0.1, 0.15) is 0 Å². The summed E-state index contributed by atoms with van der Waals surface area (Å²) in [5.41, 5.74) is 0.678. The molecule has 0 amide bonds. The Kier molecular flexibility index (Phi) is 2.37. The monoisotopic (exact) mass is 160 g/mol. The van der Waals surface area contributed by atoms with Gasteiger partial charge < -0.3 is 5.11 Å². The van der Waals surface area contributed by atoms with Crippen LogP contribution < -0.4 is 0 Å². The molecule has 1 aliphatic carbocycles. The van der Waals surface area contributed by atoms with Gasteiger partial charge >= 0.3 is 0 Å². The lowest BCUT2D eigenvalue weighted by atomic mass is 9.87. The molecule has 1 nitrogen and oxygen atoms in total. The van der Waals surface area contributed by atoms with Crippen LogP contribution in [0.2, 0.25) is 0 Å². The van der Waals surface area contributed by atoms with Crippen LogP contribution in [0.3, 0.4) is 0 Å². The first-order chi connectivity index (χ1) is 4.64. The number of alkyl halides is 1. The standard InChI is InChI=1S/C8H13ClO/c1-8(10)4-2-3-7(5-8)6-9/h3,10H,2,4-6H2,1H3. The molecule has 10 heavy (non-hydrogen) atoms. The van der Waals surface area contributed by atoms with Crippen molar-refractivity contribution in [3.8, 4) is 0 Å². The minimum atomic E-state index is -0.501. The molecule has 0 bridgehead atoms. The molecular formula is C8H13ClO. The van der Waals surface area contributed by atoms with Crippen molar-refractivity contribution < 1.29 is 5.11 Å². The van der Waals surface area contributed by atoms with Gasteiger partial charge in [0.05, 0.1) is 5.60 Å². The van der Waals surface area contributed by atoms with Gasteiger partial charge in [-0.2, -0.15) is 0 Å². The highest BCUT2D eigenvalue weighted by Gasteiger charge is 2.23. The third-order valence-electron chi connectivity index (χ3n) is 1.90. The fourth-order valence-corrected chi connectivity index (χ4v) is 1.54. The van der Waals surface area contributed by atoms with Crippen LogP contribution in [0.1, 0.15) is 26.2 Å². The van der Waals surface area contributed by atoms with Gasteiger partial charge in [-0.05, 0) is 26.2 Å². The number of rotatable bonds is 1. The molecule has 0 aromatic carbocycles. The van der Waals surface area contributed by atoms with Crippen LogP contribution in [0.5, 0.6) is 0 Å². The van der Waals surface area contributed by atoms with Crippen LogP contribution >= 0.6 is 11.6 Å². The fourth-order valence-electron chi connectivity index (χ4n) is 1.34. The predicted molar refractivity (Wildman–Crippen MR) is 43.3 cm³/mol. The van der Waals surface area contributed by atoms with Crippen LogP contribution in [0.25, 0.3) is 0 Å². The average Bonchev–Trinajstić information content (AvgIpc) is 1.86. The van der Waals surface area contributed by atoms with E-state index in [4.69, 9.17) is 11.6 Å². The summed E-state index contributed by atoms with van der Waals surface area (Å²) in [6.07, 6.45) is 4.71. The quantitative estimate of drug-likeness (QED) is 0.460. The Hall–Kier alpha value is -0.0100. The van der Waals surface area contributed by atoms with E-state index in [0.29, 0.717) is 5.88 Å². The first-order valence-corrected chi connectivity index (χ1v) is 4.14. The molecule has 58 valence electrons. The summed E-state index contributed by atoms with van der Waals surface area (Å²) in [6, 6.07) is 0. The van der Waals surface area contributed by atoms with Crippen LogP contribution in [-0.4, -0.2) is 16.6 Å². The molecule has 0 heterocycles. The normalized spacial score (nSPS) is 33.7. The van der Waals surface area contributed by atoms with Gasteiger partial charge in [0.2, 0.25) is 0 Å². The fraction of sp³-hybridized carbons (Fsp3) is 0.750. The van der Waals surface area contributed by atoms with Gasteiger partial charge in [0, 0.05) is 5.88 Å². The second-order valence-electron chi connectivity index (χ2n) is 3.21. The zero-order valence-electron chi connectivity index (χ0n) is 6.23. The summed E-state index contributed by atoms with van der Waals surface area (Å²) in [5.74, 6) is 0.566. The first kappa shape index (κ1) is 8.09. The molecule has 0 spiro atoms. The second-order valence-corrected chi connectivity index (χ2v) is 3.48. The Balaban J connectivity index is 2.57. The van der Waals surface area contributed by atoms with Crippen molar-refractivity contribution in [2.24, 2.45) is 0 Å². The smallest absolute Gasteiger partial charge is 0.0660 e. The highest BCUT2D eigenvalue weighted by Crippen LogP contribution is 2.27. The number of aliphatic hydroxyl groups is 1. The number of allylic oxidation sites excluding steroid dienone is 1. The van der Waals surface area contributed by atoms with Crippen LogP contribution in [0.15, 0.2) is 11.6 Å². The summed E-state index contributed by atoms with van der Waals surface area (Å²) in [5, 5.41) is 9.58. The van der Waals surface area contributed by atoms with Crippen molar-refractivity contribution >= 4 is 11.6 Å². The Labute approximate surface area is 66.7 Å². The van der Waals surface area contributed by atoms with Gasteiger partial charge in [-0.25, -0.2) is 0 Å². The van der Waals surface area contributed by atoms with Gasteiger partial charge in [-0.1, -0.05) is 11.6 Å². The minimum absolute atomic E-state index is 0.501. The van der Waals surface area contributed by atoms with Crippen LogP contribution in [-0.2, 0) is 0 Å².